The van der Waals surface area contributed by atoms with Crippen LogP contribution < -0.4 is 14.8 Å². The van der Waals surface area contributed by atoms with Gasteiger partial charge in [0.15, 0.2) is 5.76 Å². The van der Waals surface area contributed by atoms with E-state index in [1.54, 1.807) is 37.4 Å². The molecule has 0 aliphatic rings. The number of rotatable bonds is 6. The van der Waals surface area contributed by atoms with Crippen LogP contribution in [0.1, 0.15) is 21.9 Å². The van der Waals surface area contributed by atoms with E-state index in [-0.39, 0.29) is 18.3 Å². The van der Waals surface area contributed by atoms with Gasteiger partial charge in [-0.1, -0.05) is 23.8 Å². The van der Waals surface area contributed by atoms with Crippen LogP contribution in [0.5, 0.6) is 11.5 Å². The van der Waals surface area contributed by atoms with Crippen LogP contribution in [-0.4, -0.2) is 13.0 Å². The van der Waals surface area contributed by atoms with E-state index in [0.717, 1.165) is 5.75 Å². The van der Waals surface area contributed by atoms with Crippen molar-refractivity contribution in [1.82, 2.24) is 0 Å². The predicted molar refractivity (Wildman–Crippen MR) is 95.2 cm³/mol. The highest BCUT2D eigenvalue weighted by Gasteiger charge is 2.12. The number of hydrogen-bond acceptors (Lipinski definition) is 4. The molecule has 128 valence electrons. The van der Waals surface area contributed by atoms with E-state index in [9.17, 15) is 4.79 Å². The molecule has 1 amide bonds. The fraction of sp³-hybridized carbons (Fsp3) is 0.150. The number of nitrogens with one attached hydrogen (secondary N) is 1. The standard InChI is InChI=1S/C20H19NO4/c1-14-6-8-16(9-7-14)24-13-18-10-11-19(25-18)20(22)21-15-4-3-5-17(12-15)23-2/h3-12H,13H2,1-2H3,(H,21,22). The fourth-order valence-corrected chi connectivity index (χ4v) is 2.26. The number of anilines is 1. The van der Waals surface area contributed by atoms with E-state index in [2.05, 4.69) is 5.32 Å². The molecule has 2 aromatic carbocycles. The van der Waals surface area contributed by atoms with Gasteiger partial charge >= 0.3 is 0 Å². The third-order valence-corrected chi connectivity index (χ3v) is 3.62. The lowest BCUT2D eigenvalue weighted by Gasteiger charge is -2.06. The molecule has 0 radical (unpaired) electrons. The van der Waals surface area contributed by atoms with Crippen LogP contribution in [0.25, 0.3) is 0 Å². The van der Waals surface area contributed by atoms with E-state index in [1.807, 2.05) is 37.3 Å². The minimum atomic E-state index is -0.324. The van der Waals surface area contributed by atoms with Crippen LogP contribution in [0, 0.1) is 6.92 Å². The van der Waals surface area contributed by atoms with Gasteiger partial charge in [0.25, 0.3) is 5.91 Å². The second-order valence-electron chi connectivity index (χ2n) is 5.55. The zero-order valence-electron chi connectivity index (χ0n) is 14.1. The highest BCUT2D eigenvalue weighted by atomic mass is 16.5. The number of amides is 1. The second kappa shape index (κ2) is 7.57. The van der Waals surface area contributed by atoms with E-state index >= 15 is 0 Å². The Labute approximate surface area is 146 Å². The maximum atomic E-state index is 12.3. The van der Waals surface area contributed by atoms with Gasteiger partial charge < -0.3 is 19.2 Å². The highest BCUT2D eigenvalue weighted by Crippen LogP contribution is 2.19. The Morgan fingerprint density at radius 2 is 1.84 bits per heavy atom. The van der Waals surface area contributed by atoms with E-state index in [4.69, 9.17) is 13.9 Å². The molecule has 1 heterocycles. The first-order valence-corrected chi connectivity index (χ1v) is 7.87. The summed E-state index contributed by atoms with van der Waals surface area (Å²) in [6, 6.07) is 18.2. The van der Waals surface area contributed by atoms with Gasteiger partial charge in [0.1, 0.15) is 23.9 Å². The van der Waals surface area contributed by atoms with Gasteiger partial charge in [-0.25, -0.2) is 0 Å². The van der Waals surface area contributed by atoms with Crippen LogP contribution in [0.4, 0.5) is 5.69 Å². The number of hydrogen-bond donors (Lipinski definition) is 1. The fourth-order valence-electron chi connectivity index (χ4n) is 2.26. The Hall–Kier alpha value is -3.21. The van der Waals surface area contributed by atoms with Crippen LogP contribution >= 0.6 is 0 Å². The van der Waals surface area contributed by atoms with Gasteiger partial charge in [-0.2, -0.15) is 0 Å². The van der Waals surface area contributed by atoms with Crippen LogP contribution in [0.2, 0.25) is 0 Å². The van der Waals surface area contributed by atoms with Gasteiger partial charge in [0, 0.05) is 11.8 Å². The zero-order chi connectivity index (χ0) is 17.6. The molecular weight excluding hydrogens is 318 g/mol. The zero-order valence-corrected chi connectivity index (χ0v) is 14.1. The smallest absolute Gasteiger partial charge is 0.291 e. The lowest BCUT2D eigenvalue weighted by molar-refractivity contribution is 0.0992. The molecule has 25 heavy (non-hydrogen) atoms. The molecular formula is C20H19NO4. The van der Waals surface area contributed by atoms with Crippen molar-refractivity contribution in [3.05, 3.63) is 77.7 Å². The number of furan rings is 1. The topological polar surface area (TPSA) is 60.7 Å². The molecule has 0 aliphatic heterocycles. The lowest BCUT2D eigenvalue weighted by Crippen LogP contribution is -2.10. The predicted octanol–water partition coefficient (Wildman–Crippen LogP) is 4.43. The number of benzene rings is 2. The summed E-state index contributed by atoms with van der Waals surface area (Å²) in [5.41, 5.74) is 1.81. The first-order valence-electron chi connectivity index (χ1n) is 7.87. The number of carbonyl (C=O) groups is 1. The van der Waals surface area contributed by atoms with Crippen molar-refractivity contribution in [3.63, 3.8) is 0 Å². The Bertz CT molecular complexity index is 852. The minimum absolute atomic E-state index is 0.227. The summed E-state index contributed by atoms with van der Waals surface area (Å²) in [5.74, 6) is 1.91. The molecule has 0 aliphatic carbocycles. The van der Waals surface area contributed by atoms with Crippen LogP contribution in [0.15, 0.2) is 65.1 Å². The highest BCUT2D eigenvalue weighted by molar-refractivity contribution is 6.02. The summed E-state index contributed by atoms with van der Waals surface area (Å²) in [5, 5.41) is 2.77. The van der Waals surface area contributed by atoms with E-state index in [0.29, 0.717) is 17.2 Å². The maximum absolute atomic E-state index is 12.3. The molecule has 1 N–H and O–H groups in total. The monoisotopic (exact) mass is 337 g/mol. The average molecular weight is 337 g/mol. The third-order valence-electron chi connectivity index (χ3n) is 3.62. The quantitative estimate of drug-likeness (QED) is 0.723. The van der Waals surface area contributed by atoms with E-state index < -0.39 is 0 Å². The molecule has 0 unspecified atom stereocenters. The Kier molecular flexibility index (Phi) is 5.04. The van der Waals surface area contributed by atoms with Gasteiger partial charge in [-0.05, 0) is 43.3 Å². The maximum Gasteiger partial charge on any atom is 0.291 e. The SMILES string of the molecule is COc1cccc(NC(=O)c2ccc(COc3ccc(C)cc3)o2)c1. The normalized spacial score (nSPS) is 10.3. The largest absolute Gasteiger partial charge is 0.497 e. The summed E-state index contributed by atoms with van der Waals surface area (Å²) < 4.78 is 16.3. The van der Waals surface area contributed by atoms with Crippen LogP contribution in [-0.2, 0) is 6.61 Å². The van der Waals surface area contributed by atoms with Crippen molar-refractivity contribution in [3.8, 4) is 11.5 Å². The van der Waals surface area contributed by atoms with Gasteiger partial charge in [0.05, 0.1) is 7.11 Å². The molecule has 0 saturated carbocycles. The summed E-state index contributed by atoms with van der Waals surface area (Å²) in [6.45, 7) is 2.28. The molecule has 5 heteroatoms. The van der Waals surface area contributed by atoms with Crippen molar-refractivity contribution in [2.75, 3.05) is 12.4 Å². The molecule has 0 spiro atoms. The number of ether oxygens (including phenoxy) is 2. The second-order valence-corrected chi connectivity index (χ2v) is 5.55. The number of methoxy groups -OCH3 is 1. The first-order chi connectivity index (χ1) is 12.1. The van der Waals surface area contributed by atoms with Crippen molar-refractivity contribution < 1.29 is 18.7 Å². The third kappa shape index (κ3) is 4.41. The first kappa shape index (κ1) is 16.6. The molecule has 3 rings (SSSR count). The van der Waals surface area contributed by atoms with Gasteiger partial charge in [-0.15, -0.1) is 0 Å². The summed E-state index contributed by atoms with van der Waals surface area (Å²) >= 11 is 0. The average Bonchev–Trinajstić information content (AvgIpc) is 3.10. The van der Waals surface area contributed by atoms with Gasteiger partial charge in [0.2, 0.25) is 0 Å². The molecule has 1 aromatic heterocycles. The number of carbonyl (C=O) groups excluding carboxylic acids is 1. The molecule has 0 saturated heterocycles. The minimum Gasteiger partial charge on any atom is -0.497 e. The number of aryl methyl sites for hydroxylation is 1. The van der Waals surface area contributed by atoms with E-state index in [1.165, 1.54) is 5.56 Å². The van der Waals surface area contributed by atoms with Crippen molar-refractivity contribution in [2.24, 2.45) is 0 Å². The van der Waals surface area contributed by atoms with Crippen LogP contribution in [0.3, 0.4) is 0 Å². The molecule has 0 atom stereocenters. The molecule has 0 fully saturated rings. The lowest BCUT2D eigenvalue weighted by atomic mass is 10.2. The van der Waals surface area contributed by atoms with Crippen molar-refractivity contribution >= 4 is 11.6 Å². The van der Waals surface area contributed by atoms with Crippen molar-refractivity contribution in [2.45, 2.75) is 13.5 Å². The summed E-state index contributed by atoms with van der Waals surface area (Å²) in [4.78, 5) is 12.3. The molecule has 0 bridgehead atoms. The van der Waals surface area contributed by atoms with Gasteiger partial charge in [-0.3, -0.25) is 4.79 Å². The Morgan fingerprint density at radius 1 is 1.04 bits per heavy atom. The van der Waals surface area contributed by atoms with Crippen molar-refractivity contribution in [1.29, 1.82) is 0 Å². The Balaban J connectivity index is 1.60. The summed E-state index contributed by atoms with van der Waals surface area (Å²) in [6.07, 6.45) is 0. The Morgan fingerprint density at radius 3 is 2.60 bits per heavy atom. The molecule has 3 aromatic rings. The summed E-state index contributed by atoms with van der Waals surface area (Å²) in [7, 11) is 1.58. The molecule has 5 nitrogen and oxygen atoms in total.